The molecule has 2 N–H and O–H groups in total. The van der Waals surface area contributed by atoms with Gasteiger partial charge in [-0.25, -0.2) is 0 Å². The summed E-state index contributed by atoms with van der Waals surface area (Å²) in [4.78, 5) is 0. The predicted molar refractivity (Wildman–Crippen MR) is 120 cm³/mol. The molecule has 3 aromatic carbocycles. The van der Waals surface area contributed by atoms with E-state index < -0.39 is 0 Å². The van der Waals surface area contributed by atoms with Gasteiger partial charge in [0.2, 0.25) is 0 Å². The van der Waals surface area contributed by atoms with Gasteiger partial charge in [0.15, 0.2) is 5.82 Å². The van der Waals surface area contributed by atoms with Gasteiger partial charge >= 0.3 is 0 Å². The number of nitrogens with one attached hydrogen (secondary N) is 2. The summed E-state index contributed by atoms with van der Waals surface area (Å²) >= 11 is 0. The van der Waals surface area contributed by atoms with Crippen molar-refractivity contribution in [3.05, 3.63) is 113 Å². The number of anilines is 1. The van der Waals surface area contributed by atoms with Gasteiger partial charge in [-0.3, -0.25) is 5.10 Å². The van der Waals surface area contributed by atoms with Crippen LogP contribution in [0.1, 0.15) is 28.2 Å². The summed E-state index contributed by atoms with van der Waals surface area (Å²) in [6, 6.07) is 31.0. The standard InChI is InChI=1S/C26H20N4/c1-17-12-14-18(15-13-17)22-21(16-27)24(19-8-4-2-5-9-19)28-26-23(22)25(29-30-26)20-10-6-3-7-11-20/h2-15,22H,1H3,(H2,28,29,30). The average molecular weight is 388 g/mol. The number of allylic oxidation sites excluding steroid dienone is 1. The molecule has 1 unspecified atom stereocenters. The number of aromatic amines is 1. The molecule has 4 aromatic rings. The molecule has 1 aromatic heterocycles. The Morgan fingerprint density at radius 3 is 2.10 bits per heavy atom. The Hall–Kier alpha value is -4.10. The summed E-state index contributed by atoms with van der Waals surface area (Å²) in [7, 11) is 0. The number of hydrogen-bond donors (Lipinski definition) is 2. The smallest absolute Gasteiger partial charge is 0.157 e. The lowest BCUT2D eigenvalue weighted by Gasteiger charge is -2.27. The van der Waals surface area contributed by atoms with Crippen LogP contribution in [0.25, 0.3) is 17.0 Å². The van der Waals surface area contributed by atoms with Crippen LogP contribution in [0, 0.1) is 18.3 Å². The SMILES string of the molecule is Cc1ccc(C2C(C#N)=C(c3ccccc3)Nc3n[nH]c(-c4ccccc4)c32)cc1. The minimum Gasteiger partial charge on any atom is -0.337 e. The molecule has 2 heterocycles. The van der Waals surface area contributed by atoms with Gasteiger partial charge in [-0.15, -0.1) is 0 Å². The van der Waals surface area contributed by atoms with Crippen LogP contribution in [0.15, 0.2) is 90.5 Å². The second kappa shape index (κ2) is 7.38. The predicted octanol–water partition coefficient (Wildman–Crippen LogP) is 5.88. The summed E-state index contributed by atoms with van der Waals surface area (Å²) in [6.45, 7) is 2.07. The van der Waals surface area contributed by atoms with Crippen LogP contribution in [-0.2, 0) is 0 Å². The summed E-state index contributed by atoms with van der Waals surface area (Å²) < 4.78 is 0. The van der Waals surface area contributed by atoms with Crippen molar-refractivity contribution in [1.82, 2.24) is 10.2 Å². The summed E-state index contributed by atoms with van der Waals surface area (Å²) in [6.07, 6.45) is 0. The molecule has 0 bridgehead atoms. The van der Waals surface area contributed by atoms with E-state index in [4.69, 9.17) is 0 Å². The van der Waals surface area contributed by atoms with E-state index in [1.165, 1.54) is 5.56 Å². The first-order valence-corrected chi connectivity index (χ1v) is 9.93. The van der Waals surface area contributed by atoms with E-state index in [-0.39, 0.29) is 5.92 Å². The van der Waals surface area contributed by atoms with Crippen molar-refractivity contribution in [2.75, 3.05) is 5.32 Å². The molecule has 0 amide bonds. The maximum atomic E-state index is 10.3. The van der Waals surface area contributed by atoms with Crippen LogP contribution in [0.3, 0.4) is 0 Å². The molecule has 4 nitrogen and oxygen atoms in total. The van der Waals surface area contributed by atoms with E-state index in [0.29, 0.717) is 5.57 Å². The molecule has 144 valence electrons. The van der Waals surface area contributed by atoms with E-state index in [2.05, 4.69) is 64.9 Å². The molecule has 0 saturated heterocycles. The third-order valence-corrected chi connectivity index (χ3v) is 5.55. The Labute approximate surface area is 175 Å². The van der Waals surface area contributed by atoms with Gasteiger partial charge in [-0.05, 0) is 23.6 Å². The number of H-pyrrole nitrogens is 1. The maximum Gasteiger partial charge on any atom is 0.157 e. The number of nitrogens with zero attached hydrogens (tertiary/aromatic N) is 2. The molecule has 0 fully saturated rings. The van der Waals surface area contributed by atoms with Crippen molar-refractivity contribution < 1.29 is 0 Å². The number of fused-ring (bicyclic) bond motifs is 1. The van der Waals surface area contributed by atoms with E-state index >= 15 is 0 Å². The Balaban J connectivity index is 1.77. The van der Waals surface area contributed by atoms with E-state index in [0.717, 1.165) is 39.5 Å². The summed E-state index contributed by atoms with van der Waals surface area (Å²) in [5.41, 5.74) is 7.72. The van der Waals surface area contributed by atoms with Gasteiger partial charge in [0.25, 0.3) is 0 Å². The second-order valence-electron chi connectivity index (χ2n) is 7.46. The minimum atomic E-state index is -0.212. The fourth-order valence-electron chi connectivity index (χ4n) is 4.07. The molecule has 4 heteroatoms. The minimum absolute atomic E-state index is 0.212. The van der Waals surface area contributed by atoms with Crippen molar-refractivity contribution in [1.29, 1.82) is 5.26 Å². The number of nitriles is 1. The molecule has 0 saturated carbocycles. The number of aryl methyl sites for hydroxylation is 1. The number of rotatable bonds is 3. The summed E-state index contributed by atoms with van der Waals surface area (Å²) in [5, 5.41) is 21.5. The Kier molecular flexibility index (Phi) is 4.42. The fraction of sp³-hybridized carbons (Fsp3) is 0.0769. The van der Waals surface area contributed by atoms with Crippen molar-refractivity contribution in [3.8, 4) is 17.3 Å². The highest BCUT2D eigenvalue weighted by molar-refractivity contribution is 5.89. The van der Waals surface area contributed by atoms with Crippen LogP contribution in [0.2, 0.25) is 0 Å². The fourth-order valence-corrected chi connectivity index (χ4v) is 4.07. The summed E-state index contributed by atoms with van der Waals surface area (Å²) in [5.74, 6) is 0.549. The molecular weight excluding hydrogens is 368 g/mol. The van der Waals surface area contributed by atoms with Gasteiger partial charge in [0, 0.05) is 5.56 Å². The molecule has 5 rings (SSSR count). The topological polar surface area (TPSA) is 64.5 Å². The van der Waals surface area contributed by atoms with Gasteiger partial charge in [0.1, 0.15) is 0 Å². The van der Waals surface area contributed by atoms with Gasteiger partial charge in [-0.2, -0.15) is 10.4 Å². The third kappa shape index (κ3) is 2.98. The van der Waals surface area contributed by atoms with Crippen LogP contribution >= 0.6 is 0 Å². The molecular formula is C26H20N4. The lowest BCUT2D eigenvalue weighted by Crippen LogP contribution is -2.17. The zero-order chi connectivity index (χ0) is 20.5. The first kappa shape index (κ1) is 18.0. The Morgan fingerprint density at radius 1 is 0.833 bits per heavy atom. The second-order valence-corrected chi connectivity index (χ2v) is 7.46. The number of aromatic nitrogens is 2. The number of benzene rings is 3. The van der Waals surface area contributed by atoms with E-state index in [1.54, 1.807) is 0 Å². The highest BCUT2D eigenvalue weighted by atomic mass is 15.2. The van der Waals surface area contributed by atoms with Gasteiger partial charge in [-0.1, -0.05) is 90.5 Å². The zero-order valence-electron chi connectivity index (χ0n) is 16.6. The largest absolute Gasteiger partial charge is 0.337 e. The maximum absolute atomic E-state index is 10.3. The molecule has 30 heavy (non-hydrogen) atoms. The lowest BCUT2D eigenvalue weighted by molar-refractivity contribution is 0.971. The first-order valence-electron chi connectivity index (χ1n) is 9.93. The quantitative estimate of drug-likeness (QED) is 0.461. The van der Waals surface area contributed by atoms with Crippen molar-refractivity contribution >= 4 is 11.5 Å². The highest BCUT2D eigenvalue weighted by Gasteiger charge is 2.34. The van der Waals surface area contributed by atoms with Crippen molar-refractivity contribution in [2.45, 2.75) is 12.8 Å². The zero-order valence-corrected chi connectivity index (χ0v) is 16.6. The molecule has 1 aliphatic heterocycles. The molecule has 0 aliphatic carbocycles. The van der Waals surface area contributed by atoms with Crippen molar-refractivity contribution in [2.24, 2.45) is 0 Å². The Morgan fingerprint density at radius 2 is 1.47 bits per heavy atom. The lowest BCUT2D eigenvalue weighted by atomic mass is 9.80. The van der Waals surface area contributed by atoms with Crippen LogP contribution < -0.4 is 5.32 Å². The molecule has 1 aliphatic rings. The van der Waals surface area contributed by atoms with Crippen LogP contribution in [-0.4, -0.2) is 10.2 Å². The molecule has 1 atom stereocenters. The average Bonchev–Trinajstić information content (AvgIpc) is 3.23. The van der Waals surface area contributed by atoms with Gasteiger partial charge in [0.05, 0.1) is 29.0 Å². The van der Waals surface area contributed by atoms with E-state index in [9.17, 15) is 5.26 Å². The van der Waals surface area contributed by atoms with Gasteiger partial charge < -0.3 is 5.32 Å². The monoisotopic (exact) mass is 388 g/mol. The highest BCUT2D eigenvalue weighted by Crippen LogP contribution is 2.47. The molecule has 0 spiro atoms. The Bertz CT molecular complexity index is 1260. The number of hydrogen-bond acceptors (Lipinski definition) is 3. The van der Waals surface area contributed by atoms with Crippen molar-refractivity contribution in [3.63, 3.8) is 0 Å². The first-order chi connectivity index (χ1) is 14.8. The normalized spacial score (nSPS) is 15.3. The molecule has 0 radical (unpaired) electrons. The van der Waals surface area contributed by atoms with Crippen LogP contribution in [0.4, 0.5) is 5.82 Å². The third-order valence-electron chi connectivity index (χ3n) is 5.55. The van der Waals surface area contributed by atoms with Crippen LogP contribution in [0.5, 0.6) is 0 Å². The van der Waals surface area contributed by atoms with E-state index in [1.807, 2.05) is 48.5 Å².